The maximum Gasteiger partial charge on any atom is 0.237 e. The lowest BCUT2D eigenvalue weighted by molar-refractivity contribution is -0.126. The third kappa shape index (κ3) is 3.31. The zero-order valence-electron chi connectivity index (χ0n) is 14.4. The average molecular weight is 342 g/mol. The van der Waals surface area contributed by atoms with E-state index in [0.717, 1.165) is 50.1 Å². The van der Waals surface area contributed by atoms with Gasteiger partial charge in [-0.25, -0.2) is 4.39 Å². The molecule has 5 nitrogen and oxygen atoms in total. The Kier molecular flexibility index (Phi) is 4.29. The smallest absolute Gasteiger partial charge is 0.237 e. The average Bonchev–Trinajstić information content (AvgIpc) is 3.45. The maximum atomic E-state index is 14.0. The van der Waals surface area contributed by atoms with E-state index in [1.54, 1.807) is 12.3 Å². The summed E-state index contributed by atoms with van der Waals surface area (Å²) < 4.78 is 14.0. The topological polar surface area (TPSA) is 48.5 Å². The number of fused-ring (bicyclic) bond motifs is 1. The first kappa shape index (κ1) is 16.3. The van der Waals surface area contributed by atoms with Crippen molar-refractivity contribution in [3.05, 3.63) is 36.3 Å². The number of aromatic nitrogens is 1. The summed E-state index contributed by atoms with van der Waals surface area (Å²) in [5, 5.41) is 3.92. The van der Waals surface area contributed by atoms with Crippen molar-refractivity contribution in [1.82, 2.24) is 15.2 Å². The van der Waals surface area contributed by atoms with Crippen LogP contribution in [0.1, 0.15) is 19.8 Å². The molecule has 0 bridgehead atoms. The highest BCUT2D eigenvalue weighted by atomic mass is 19.1. The van der Waals surface area contributed by atoms with Gasteiger partial charge in [-0.1, -0.05) is 12.1 Å². The lowest BCUT2D eigenvalue weighted by Gasteiger charge is -2.38. The molecule has 2 heterocycles. The molecular weight excluding hydrogens is 319 g/mol. The molecule has 1 saturated carbocycles. The number of rotatable bonds is 4. The van der Waals surface area contributed by atoms with E-state index in [4.69, 9.17) is 0 Å². The van der Waals surface area contributed by atoms with Gasteiger partial charge in [0, 0.05) is 49.5 Å². The lowest BCUT2D eigenvalue weighted by Crippen LogP contribution is -2.54. The molecule has 0 spiro atoms. The number of hydrogen-bond acceptors (Lipinski definition) is 4. The molecule has 1 unspecified atom stereocenters. The number of para-hydroxylation sites is 1. The molecule has 0 radical (unpaired) electrons. The molecule has 1 aromatic carbocycles. The minimum atomic E-state index is -0.289. The van der Waals surface area contributed by atoms with Crippen molar-refractivity contribution >= 4 is 22.5 Å². The molecule has 1 saturated heterocycles. The minimum Gasteiger partial charge on any atom is -0.368 e. The Morgan fingerprint density at radius 2 is 2.00 bits per heavy atom. The van der Waals surface area contributed by atoms with E-state index in [-0.39, 0.29) is 17.8 Å². The van der Waals surface area contributed by atoms with Crippen LogP contribution in [0.5, 0.6) is 0 Å². The van der Waals surface area contributed by atoms with Crippen molar-refractivity contribution in [2.45, 2.75) is 31.8 Å². The van der Waals surface area contributed by atoms with Crippen LogP contribution in [-0.2, 0) is 4.79 Å². The Hall–Kier alpha value is -2.21. The van der Waals surface area contributed by atoms with Crippen LogP contribution >= 0.6 is 0 Å². The highest BCUT2D eigenvalue weighted by molar-refractivity contribution is 5.92. The molecule has 2 aromatic rings. The highest BCUT2D eigenvalue weighted by Gasteiger charge is 2.30. The minimum absolute atomic E-state index is 0.102. The van der Waals surface area contributed by atoms with E-state index in [1.807, 2.05) is 19.1 Å². The second-order valence-corrected chi connectivity index (χ2v) is 6.95. The van der Waals surface area contributed by atoms with Gasteiger partial charge in [0.2, 0.25) is 5.91 Å². The Balaban J connectivity index is 1.45. The van der Waals surface area contributed by atoms with Gasteiger partial charge in [-0.2, -0.15) is 0 Å². The van der Waals surface area contributed by atoms with Crippen LogP contribution in [0.4, 0.5) is 10.1 Å². The van der Waals surface area contributed by atoms with E-state index >= 15 is 0 Å². The van der Waals surface area contributed by atoms with E-state index in [2.05, 4.69) is 20.1 Å². The lowest BCUT2D eigenvalue weighted by atomic mass is 10.1. The summed E-state index contributed by atoms with van der Waals surface area (Å²) in [6.07, 6.45) is 3.88. The molecule has 6 heteroatoms. The van der Waals surface area contributed by atoms with Gasteiger partial charge < -0.3 is 10.2 Å². The normalized spacial score (nSPS) is 19.8. The number of carbonyl (C=O) groups excluding carboxylic acids is 1. The number of piperazine rings is 1. The third-order valence-electron chi connectivity index (χ3n) is 5.20. The zero-order valence-corrected chi connectivity index (χ0v) is 14.4. The fourth-order valence-electron chi connectivity index (χ4n) is 3.47. The standard InChI is InChI=1S/C19H23FN4O/c1-13(19(25)22-14-5-6-14)23-9-11-24(12-10-23)17-7-8-21-18-15(17)3-2-4-16(18)20/h2-4,7-8,13-14H,5-6,9-12H2,1H3,(H,22,25). The molecule has 2 aliphatic rings. The van der Waals surface area contributed by atoms with E-state index in [1.165, 1.54) is 6.07 Å². The number of nitrogens with one attached hydrogen (secondary N) is 1. The van der Waals surface area contributed by atoms with Crippen molar-refractivity contribution in [2.24, 2.45) is 0 Å². The third-order valence-corrected chi connectivity index (χ3v) is 5.20. The fraction of sp³-hybridized carbons (Fsp3) is 0.474. The Bertz CT molecular complexity index is 784. The van der Waals surface area contributed by atoms with Crippen LogP contribution < -0.4 is 10.2 Å². The number of pyridine rings is 1. The van der Waals surface area contributed by atoms with Crippen LogP contribution in [-0.4, -0.2) is 54.1 Å². The number of halogens is 1. The number of carbonyl (C=O) groups is 1. The molecule has 132 valence electrons. The maximum absolute atomic E-state index is 14.0. The van der Waals surface area contributed by atoms with E-state index in [0.29, 0.717) is 11.6 Å². The predicted molar refractivity (Wildman–Crippen MR) is 96.1 cm³/mol. The second-order valence-electron chi connectivity index (χ2n) is 6.95. The summed E-state index contributed by atoms with van der Waals surface area (Å²) in [4.78, 5) is 20.9. The monoisotopic (exact) mass is 342 g/mol. The Labute approximate surface area is 146 Å². The van der Waals surface area contributed by atoms with Gasteiger partial charge in [-0.15, -0.1) is 0 Å². The summed E-state index contributed by atoms with van der Waals surface area (Å²) in [5.74, 6) is -0.157. The summed E-state index contributed by atoms with van der Waals surface area (Å²) in [7, 11) is 0. The van der Waals surface area contributed by atoms with Gasteiger partial charge in [-0.05, 0) is 31.9 Å². The van der Waals surface area contributed by atoms with Crippen LogP contribution in [0.3, 0.4) is 0 Å². The molecule has 1 amide bonds. The first-order chi connectivity index (χ1) is 12.1. The van der Waals surface area contributed by atoms with Crippen LogP contribution in [0.2, 0.25) is 0 Å². The van der Waals surface area contributed by atoms with Gasteiger partial charge in [0.15, 0.2) is 0 Å². The SMILES string of the molecule is CC(C(=O)NC1CC1)N1CCN(c2ccnc3c(F)cccc23)CC1. The van der Waals surface area contributed by atoms with Gasteiger partial charge >= 0.3 is 0 Å². The van der Waals surface area contributed by atoms with Crippen molar-refractivity contribution in [3.63, 3.8) is 0 Å². The number of anilines is 1. The van der Waals surface area contributed by atoms with Gasteiger partial charge in [0.05, 0.1) is 6.04 Å². The Morgan fingerprint density at radius 3 is 2.72 bits per heavy atom. The molecule has 25 heavy (non-hydrogen) atoms. The number of hydrogen-bond donors (Lipinski definition) is 1. The number of nitrogens with zero attached hydrogens (tertiary/aromatic N) is 3. The number of amides is 1. The van der Waals surface area contributed by atoms with Crippen molar-refractivity contribution in [3.8, 4) is 0 Å². The predicted octanol–water partition coefficient (Wildman–Crippen LogP) is 2.16. The number of benzene rings is 1. The van der Waals surface area contributed by atoms with Gasteiger partial charge in [-0.3, -0.25) is 14.7 Å². The van der Waals surface area contributed by atoms with Crippen molar-refractivity contribution in [1.29, 1.82) is 0 Å². The van der Waals surface area contributed by atoms with Crippen LogP contribution in [0.15, 0.2) is 30.5 Å². The van der Waals surface area contributed by atoms with Gasteiger partial charge in [0.1, 0.15) is 11.3 Å². The molecule has 1 atom stereocenters. The summed E-state index contributed by atoms with van der Waals surface area (Å²) in [6.45, 7) is 5.24. The van der Waals surface area contributed by atoms with Crippen LogP contribution in [0.25, 0.3) is 10.9 Å². The van der Waals surface area contributed by atoms with E-state index < -0.39 is 0 Å². The largest absolute Gasteiger partial charge is 0.368 e. The van der Waals surface area contributed by atoms with Crippen molar-refractivity contribution < 1.29 is 9.18 Å². The molecule has 1 aliphatic heterocycles. The summed E-state index contributed by atoms with van der Waals surface area (Å²) in [6, 6.07) is 7.32. The van der Waals surface area contributed by atoms with Crippen LogP contribution in [0, 0.1) is 5.82 Å². The van der Waals surface area contributed by atoms with Gasteiger partial charge in [0.25, 0.3) is 0 Å². The molecular formula is C19H23FN4O. The molecule has 1 aromatic heterocycles. The fourth-order valence-corrected chi connectivity index (χ4v) is 3.47. The quantitative estimate of drug-likeness (QED) is 0.925. The first-order valence-corrected chi connectivity index (χ1v) is 8.96. The molecule has 1 N–H and O–H groups in total. The first-order valence-electron chi connectivity index (χ1n) is 8.96. The molecule has 1 aliphatic carbocycles. The molecule has 2 fully saturated rings. The Morgan fingerprint density at radius 1 is 1.24 bits per heavy atom. The summed E-state index contributed by atoms with van der Waals surface area (Å²) >= 11 is 0. The zero-order chi connectivity index (χ0) is 17.4. The van der Waals surface area contributed by atoms with Crippen molar-refractivity contribution in [2.75, 3.05) is 31.1 Å². The summed E-state index contributed by atoms with van der Waals surface area (Å²) in [5.41, 5.74) is 1.43. The van der Waals surface area contributed by atoms with E-state index in [9.17, 15) is 9.18 Å². The second kappa shape index (κ2) is 6.59. The molecule has 4 rings (SSSR count). The highest BCUT2D eigenvalue weighted by Crippen LogP contribution is 2.28.